The topological polar surface area (TPSA) is 76.3 Å². The summed E-state index contributed by atoms with van der Waals surface area (Å²) in [6, 6.07) is 3.82. The third-order valence-corrected chi connectivity index (χ3v) is 5.80. The highest BCUT2D eigenvalue weighted by Gasteiger charge is 2.27. The van der Waals surface area contributed by atoms with Crippen LogP contribution in [0.2, 0.25) is 0 Å². The third kappa shape index (κ3) is 4.12. The summed E-state index contributed by atoms with van der Waals surface area (Å²) in [5.74, 6) is 0.318. The highest BCUT2D eigenvalue weighted by molar-refractivity contribution is 7.88. The fourth-order valence-corrected chi connectivity index (χ4v) is 4.53. The van der Waals surface area contributed by atoms with E-state index in [0.29, 0.717) is 12.4 Å². The zero-order valence-electron chi connectivity index (χ0n) is 12.5. The lowest BCUT2D eigenvalue weighted by atomic mass is 10.3. The van der Waals surface area contributed by atoms with Crippen molar-refractivity contribution in [2.24, 2.45) is 0 Å². The van der Waals surface area contributed by atoms with Crippen LogP contribution >= 0.6 is 11.3 Å². The van der Waals surface area contributed by atoms with Gasteiger partial charge in [-0.25, -0.2) is 8.42 Å². The van der Waals surface area contributed by atoms with Gasteiger partial charge in [-0.05, 0) is 32.9 Å². The molecule has 8 heteroatoms. The minimum atomic E-state index is -3.50. The highest BCUT2D eigenvalue weighted by atomic mass is 32.2. The lowest BCUT2D eigenvalue weighted by molar-refractivity contribution is 0.348. The molecule has 0 aliphatic carbocycles. The van der Waals surface area contributed by atoms with E-state index in [1.807, 2.05) is 32.9 Å². The number of nitrogens with zero attached hydrogens (tertiary/aromatic N) is 3. The van der Waals surface area contributed by atoms with Gasteiger partial charge in [0, 0.05) is 29.3 Å². The van der Waals surface area contributed by atoms with Crippen LogP contribution in [0.4, 0.5) is 0 Å². The Kier molecular flexibility index (Phi) is 4.80. The molecule has 0 saturated carbocycles. The molecule has 2 heterocycles. The molecule has 0 fully saturated rings. The summed E-state index contributed by atoms with van der Waals surface area (Å²) in [6.45, 7) is 7.73. The van der Waals surface area contributed by atoms with Crippen molar-refractivity contribution >= 4 is 21.4 Å². The van der Waals surface area contributed by atoms with Gasteiger partial charge in [0.15, 0.2) is 5.82 Å². The number of thiophene rings is 1. The van der Waals surface area contributed by atoms with Crippen LogP contribution in [-0.2, 0) is 22.3 Å². The van der Waals surface area contributed by atoms with Crippen molar-refractivity contribution in [3.63, 3.8) is 0 Å². The van der Waals surface area contributed by atoms with E-state index in [1.54, 1.807) is 18.3 Å². The second kappa shape index (κ2) is 6.25. The molecule has 0 bridgehead atoms. The van der Waals surface area contributed by atoms with E-state index in [9.17, 15) is 8.42 Å². The number of rotatable bonds is 6. The summed E-state index contributed by atoms with van der Waals surface area (Å²) in [6.07, 6.45) is 0. The molecule has 2 rings (SSSR count). The smallest absolute Gasteiger partial charge is 0.223 e. The minimum Gasteiger partial charge on any atom is -0.340 e. The lowest BCUT2D eigenvalue weighted by Gasteiger charge is -2.24. The molecule has 6 nitrogen and oxygen atoms in total. The number of hydrogen-bond donors (Lipinski definition) is 0. The first-order valence-electron chi connectivity index (χ1n) is 6.62. The Balaban J connectivity index is 2.19. The van der Waals surface area contributed by atoms with Gasteiger partial charge in [-0.2, -0.15) is 9.29 Å². The van der Waals surface area contributed by atoms with E-state index in [0.717, 1.165) is 4.88 Å². The van der Waals surface area contributed by atoms with E-state index < -0.39 is 10.0 Å². The molecule has 0 N–H and O–H groups in total. The summed E-state index contributed by atoms with van der Waals surface area (Å²) in [5.41, 5.74) is 0. The molecular weight excluding hydrogens is 310 g/mol. The third-order valence-electron chi connectivity index (χ3n) is 2.92. The molecular formula is C13H19N3O3S2. The van der Waals surface area contributed by atoms with Gasteiger partial charge in [0.05, 0.1) is 0 Å². The van der Waals surface area contributed by atoms with Gasteiger partial charge >= 0.3 is 0 Å². The molecule has 0 aromatic carbocycles. The van der Waals surface area contributed by atoms with E-state index in [1.165, 1.54) is 9.18 Å². The predicted molar refractivity (Wildman–Crippen MR) is 81.4 cm³/mol. The van der Waals surface area contributed by atoms with Gasteiger partial charge in [-0.3, -0.25) is 0 Å². The second-order valence-electron chi connectivity index (χ2n) is 5.14. The van der Waals surface area contributed by atoms with Crippen molar-refractivity contribution in [2.75, 3.05) is 0 Å². The Bertz CT molecular complexity index is 704. The monoisotopic (exact) mass is 329 g/mol. The van der Waals surface area contributed by atoms with E-state index >= 15 is 0 Å². The van der Waals surface area contributed by atoms with E-state index in [-0.39, 0.29) is 17.6 Å². The van der Waals surface area contributed by atoms with Gasteiger partial charge in [-0.15, -0.1) is 11.3 Å². The Labute approximate surface area is 128 Å². The van der Waals surface area contributed by atoms with Crippen LogP contribution in [0.1, 0.15) is 35.3 Å². The van der Waals surface area contributed by atoms with Gasteiger partial charge < -0.3 is 4.52 Å². The van der Waals surface area contributed by atoms with Crippen LogP contribution < -0.4 is 0 Å². The molecule has 0 radical (unpaired) electrons. The van der Waals surface area contributed by atoms with Crippen LogP contribution in [0.25, 0.3) is 0 Å². The largest absolute Gasteiger partial charge is 0.340 e. The predicted octanol–water partition coefficient (Wildman–Crippen LogP) is 2.49. The maximum atomic E-state index is 12.6. The highest BCUT2D eigenvalue weighted by Crippen LogP contribution is 2.21. The molecule has 0 atom stereocenters. The number of sulfonamides is 1. The van der Waals surface area contributed by atoms with Crippen molar-refractivity contribution in [1.29, 1.82) is 0 Å². The van der Waals surface area contributed by atoms with Crippen LogP contribution in [0.5, 0.6) is 0 Å². The molecule has 0 spiro atoms. The van der Waals surface area contributed by atoms with Gasteiger partial charge in [0.25, 0.3) is 0 Å². The first-order chi connectivity index (χ1) is 9.78. The quantitative estimate of drug-likeness (QED) is 0.814. The van der Waals surface area contributed by atoms with Crippen LogP contribution in [0.3, 0.4) is 0 Å². The fraction of sp³-hybridized carbons (Fsp3) is 0.538. The maximum Gasteiger partial charge on any atom is 0.223 e. The Morgan fingerprint density at radius 1 is 1.33 bits per heavy atom. The number of aryl methyl sites for hydroxylation is 2. The van der Waals surface area contributed by atoms with Gasteiger partial charge in [0.2, 0.25) is 15.9 Å². The van der Waals surface area contributed by atoms with Crippen molar-refractivity contribution in [1.82, 2.24) is 14.4 Å². The molecule has 0 unspecified atom stereocenters. The van der Waals surface area contributed by atoms with Crippen molar-refractivity contribution in [3.8, 4) is 0 Å². The summed E-state index contributed by atoms with van der Waals surface area (Å²) >= 11 is 1.60. The molecule has 116 valence electrons. The summed E-state index contributed by atoms with van der Waals surface area (Å²) in [7, 11) is -3.50. The Morgan fingerprint density at radius 2 is 2.05 bits per heavy atom. The first-order valence-corrected chi connectivity index (χ1v) is 9.04. The molecule has 2 aromatic rings. The van der Waals surface area contributed by atoms with E-state index in [2.05, 4.69) is 10.1 Å². The number of hydrogen-bond acceptors (Lipinski definition) is 6. The van der Waals surface area contributed by atoms with Crippen molar-refractivity contribution < 1.29 is 12.9 Å². The first kappa shape index (κ1) is 16.1. The summed E-state index contributed by atoms with van der Waals surface area (Å²) in [4.78, 5) is 6.16. The van der Waals surface area contributed by atoms with Gasteiger partial charge in [0.1, 0.15) is 5.75 Å². The zero-order valence-corrected chi connectivity index (χ0v) is 14.2. The lowest BCUT2D eigenvalue weighted by Crippen LogP contribution is -2.37. The molecule has 21 heavy (non-hydrogen) atoms. The number of aromatic nitrogens is 2. The van der Waals surface area contributed by atoms with Crippen LogP contribution in [0, 0.1) is 13.8 Å². The fourth-order valence-electron chi connectivity index (χ4n) is 1.97. The summed E-state index contributed by atoms with van der Waals surface area (Å²) < 4.78 is 31.4. The second-order valence-corrected chi connectivity index (χ2v) is 8.43. The average molecular weight is 329 g/mol. The normalized spacial score (nSPS) is 12.5. The molecule has 0 aliphatic rings. The van der Waals surface area contributed by atoms with Crippen molar-refractivity contribution in [2.45, 2.75) is 46.0 Å². The summed E-state index contributed by atoms with van der Waals surface area (Å²) in [5, 5.41) is 3.66. The van der Waals surface area contributed by atoms with Crippen LogP contribution in [-0.4, -0.2) is 28.9 Å². The van der Waals surface area contributed by atoms with Crippen LogP contribution in [0.15, 0.2) is 16.7 Å². The molecule has 0 saturated heterocycles. The standard InChI is InChI=1S/C13H19N3O3S2/c1-9(2)16(7-12-6-5-10(3)20-12)21(17,18)8-13-14-11(4)19-15-13/h5-6,9H,7-8H2,1-4H3. The van der Waals surface area contributed by atoms with E-state index in [4.69, 9.17) is 4.52 Å². The van der Waals surface area contributed by atoms with Gasteiger partial charge in [-0.1, -0.05) is 5.16 Å². The SMILES string of the molecule is Cc1nc(CS(=O)(=O)N(Cc2ccc(C)s2)C(C)C)no1. The Morgan fingerprint density at radius 3 is 2.52 bits per heavy atom. The molecule has 2 aromatic heterocycles. The Hall–Kier alpha value is -1.25. The molecule has 0 amide bonds. The maximum absolute atomic E-state index is 12.6. The zero-order chi connectivity index (χ0) is 15.6. The molecule has 0 aliphatic heterocycles. The van der Waals surface area contributed by atoms with Crippen molar-refractivity contribution in [3.05, 3.63) is 33.6 Å². The average Bonchev–Trinajstić information content (AvgIpc) is 2.94. The minimum absolute atomic E-state index is 0.134.